The number of rotatable bonds is 3. The molecule has 0 aliphatic carbocycles. The fourth-order valence-electron chi connectivity index (χ4n) is 2.30. The minimum Gasteiger partial charge on any atom is -0.424 e. The lowest BCUT2D eigenvalue weighted by molar-refractivity contribution is -0.134. The summed E-state index contributed by atoms with van der Waals surface area (Å²) in [5.74, 6) is -0.00694. The zero-order chi connectivity index (χ0) is 16.4. The zero-order valence-electron chi connectivity index (χ0n) is 12.4. The topological polar surface area (TPSA) is 46.6 Å². The van der Waals surface area contributed by atoms with Gasteiger partial charge in [-0.1, -0.05) is 29.8 Å². The van der Waals surface area contributed by atoms with Gasteiger partial charge in [0.2, 0.25) is 5.91 Å². The van der Waals surface area contributed by atoms with Gasteiger partial charge in [0.25, 0.3) is 0 Å². The first-order valence-electron chi connectivity index (χ1n) is 7.03. The summed E-state index contributed by atoms with van der Waals surface area (Å²) in [4.78, 5) is 26.8. The second-order valence-corrected chi connectivity index (χ2v) is 6.57. The number of carbonyl (C=O) groups excluding carboxylic acids is 2. The van der Waals surface area contributed by atoms with Crippen molar-refractivity contribution < 1.29 is 14.3 Å². The Morgan fingerprint density at radius 1 is 1.30 bits per heavy atom. The Labute approximate surface area is 143 Å². The van der Waals surface area contributed by atoms with E-state index in [1.165, 1.54) is 16.7 Å². The first kappa shape index (κ1) is 15.9. The van der Waals surface area contributed by atoms with Crippen LogP contribution >= 0.6 is 23.4 Å². The molecule has 0 radical (unpaired) electrons. The molecule has 2 aromatic carbocycles. The van der Waals surface area contributed by atoms with E-state index in [2.05, 4.69) is 0 Å². The summed E-state index contributed by atoms with van der Waals surface area (Å²) in [6, 6.07) is 12.7. The second kappa shape index (κ2) is 6.64. The molecule has 0 atom stereocenters. The highest BCUT2D eigenvalue weighted by Gasteiger charge is 2.27. The number of hydrogen-bond acceptors (Lipinski definition) is 4. The average Bonchev–Trinajstić information content (AvgIpc) is 2.54. The van der Waals surface area contributed by atoms with Gasteiger partial charge in [0.05, 0.1) is 16.5 Å². The van der Waals surface area contributed by atoms with Gasteiger partial charge < -0.3 is 4.74 Å². The van der Waals surface area contributed by atoms with Crippen LogP contribution in [0.3, 0.4) is 0 Å². The van der Waals surface area contributed by atoms with Gasteiger partial charge in [-0.25, -0.2) is 4.79 Å². The summed E-state index contributed by atoms with van der Waals surface area (Å²) < 4.78 is 5.32. The third-order valence-corrected chi connectivity index (χ3v) is 4.77. The Hall–Kier alpha value is -1.98. The molecule has 4 nitrogen and oxygen atoms in total. The van der Waals surface area contributed by atoms with Crippen LogP contribution in [0.2, 0.25) is 5.02 Å². The van der Waals surface area contributed by atoms with Gasteiger partial charge in [-0.3, -0.25) is 9.69 Å². The summed E-state index contributed by atoms with van der Waals surface area (Å²) in [7, 11) is 0. The Morgan fingerprint density at radius 3 is 2.91 bits per heavy atom. The molecular weight excluding hydrogens is 334 g/mol. The van der Waals surface area contributed by atoms with Crippen molar-refractivity contribution >= 4 is 40.9 Å². The molecule has 0 saturated carbocycles. The number of amides is 1. The molecule has 0 fully saturated rings. The highest BCUT2D eigenvalue weighted by atomic mass is 35.5. The molecule has 0 spiro atoms. The first-order valence-corrected chi connectivity index (χ1v) is 8.40. The molecule has 0 unspecified atom stereocenters. The van der Waals surface area contributed by atoms with Crippen LogP contribution in [0, 0.1) is 6.92 Å². The van der Waals surface area contributed by atoms with E-state index in [-0.39, 0.29) is 12.5 Å². The fraction of sp³-hybridized carbons (Fsp3) is 0.176. The number of thioether (sulfide) groups is 1. The van der Waals surface area contributed by atoms with Crippen molar-refractivity contribution in [1.29, 1.82) is 0 Å². The van der Waals surface area contributed by atoms with Crippen molar-refractivity contribution in [3.05, 3.63) is 53.1 Å². The Bertz CT molecular complexity index is 778. The maximum absolute atomic E-state index is 12.2. The summed E-state index contributed by atoms with van der Waals surface area (Å²) in [5.41, 5.74) is 1.68. The monoisotopic (exact) mass is 347 g/mol. The minimum atomic E-state index is -0.521. The molecule has 0 aromatic heterocycles. The van der Waals surface area contributed by atoms with Gasteiger partial charge >= 0.3 is 5.97 Å². The molecule has 1 amide bonds. The van der Waals surface area contributed by atoms with Crippen molar-refractivity contribution in [3.8, 4) is 5.75 Å². The van der Waals surface area contributed by atoms with Crippen LogP contribution in [-0.4, -0.2) is 24.2 Å². The average molecular weight is 348 g/mol. The molecule has 0 bridgehead atoms. The van der Waals surface area contributed by atoms with Crippen molar-refractivity contribution in [1.82, 2.24) is 0 Å². The van der Waals surface area contributed by atoms with Gasteiger partial charge in [0.1, 0.15) is 12.3 Å². The van der Waals surface area contributed by atoms with E-state index in [1.54, 1.807) is 12.1 Å². The Morgan fingerprint density at radius 2 is 2.09 bits per heavy atom. The number of benzene rings is 2. The quantitative estimate of drug-likeness (QED) is 0.627. The maximum Gasteiger partial charge on any atom is 0.331 e. The standard InChI is InChI=1S/C17H14ClNO3S/c1-11-6-7-12(18)14(8-11)22-17(21)9-19-13-4-2-3-5-15(13)23-10-16(19)20/h2-8H,9-10H2,1H3. The first-order chi connectivity index (χ1) is 11.0. The molecule has 1 aliphatic heterocycles. The van der Waals surface area contributed by atoms with E-state index in [1.807, 2.05) is 37.3 Å². The molecule has 23 heavy (non-hydrogen) atoms. The summed E-state index contributed by atoms with van der Waals surface area (Å²) in [5, 5.41) is 0.366. The second-order valence-electron chi connectivity index (χ2n) is 5.14. The van der Waals surface area contributed by atoms with Crippen molar-refractivity contribution in [2.24, 2.45) is 0 Å². The zero-order valence-corrected chi connectivity index (χ0v) is 14.0. The maximum atomic E-state index is 12.2. The number of halogens is 1. The summed E-state index contributed by atoms with van der Waals surface area (Å²) >= 11 is 7.50. The van der Waals surface area contributed by atoms with Crippen LogP contribution in [0.15, 0.2) is 47.4 Å². The lowest BCUT2D eigenvalue weighted by Gasteiger charge is -2.27. The van der Waals surface area contributed by atoms with Gasteiger partial charge in [-0.2, -0.15) is 0 Å². The number of aryl methyl sites for hydroxylation is 1. The summed E-state index contributed by atoms with van der Waals surface area (Å²) in [6.45, 7) is 1.75. The van der Waals surface area contributed by atoms with E-state index in [0.29, 0.717) is 16.5 Å². The van der Waals surface area contributed by atoms with Gasteiger partial charge in [0.15, 0.2) is 0 Å². The highest BCUT2D eigenvalue weighted by molar-refractivity contribution is 8.00. The minimum absolute atomic E-state index is 0.110. The van der Waals surface area contributed by atoms with Crippen LogP contribution in [0.4, 0.5) is 5.69 Å². The molecular formula is C17H14ClNO3S. The van der Waals surface area contributed by atoms with E-state index >= 15 is 0 Å². The molecule has 1 aliphatic rings. The van der Waals surface area contributed by atoms with Gasteiger partial charge in [-0.15, -0.1) is 11.8 Å². The number of carbonyl (C=O) groups is 2. The molecule has 0 saturated heterocycles. The Balaban J connectivity index is 1.78. The number of hydrogen-bond donors (Lipinski definition) is 0. The number of anilines is 1. The molecule has 118 valence electrons. The van der Waals surface area contributed by atoms with Crippen LogP contribution in [0.5, 0.6) is 5.75 Å². The number of esters is 1. The smallest absolute Gasteiger partial charge is 0.331 e. The van der Waals surface area contributed by atoms with Crippen LogP contribution < -0.4 is 9.64 Å². The van der Waals surface area contributed by atoms with Crippen molar-refractivity contribution in [3.63, 3.8) is 0 Å². The van der Waals surface area contributed by atoms with Crippen molar-refractivity contribution in [2.75, 3.05) is 17.2 Å². The predicted octanol–water partition coefficient (Wildman–Crippen LogP) is 3.69. The Kier molecular flexibility index (Phi) is 4.59. The largest absolute Gasteiger partial charge is 0.424 e. The molecule has 1 heterocycles. The molecule has 3 rings (SSSR count). The van der Waals surface area contributed by atoms with E-state index in [9.17, 15) is 9.59 Å². The van der Waals surface area contributed by atoms with Gasteiger partial charge in [-0.05, 0) is 36.8 Å². The molecule has 0 N–H and O–H groups in total. The van der Waals surface area contributed by atoms with Crippen LogP contribution in [0.25, 0.3) is 0 Å². The highest BCUT2D eigenvalue weighted by Crippen LogP contribution is 2.35. The third-order valence-electron chi connectivity index (χ3n) is 3.41. The lowest BCUT2D eigenvalue weighted by Crippen LogP contribution is -2.40. The molecule has 6 heteroatoms. The lowest BCUT2D eigenvalue weighted by atomic mass is 10.2. The number of nitrogens with zero attached hydrogens (tertiary/aromatic N) is 1. The van der Waals surface area contributed by atoms with E-state index < -0.39 is 5.97 Å². The van der Waals surface area contributed by atoms with Gasteiger partial charge in [0, 0.05) is 4.90 Å². The SMILES string of the molecule is Cc1ccc(Cl)c(OC(=O)CN2C(=O)CSc3ccccc32)c1. The van der Waals surface area contributed by atoms with Crippen LogP contribution in [-0.2, 0) is 9.59 Å². The normalized spacial score (nSPS) is 13.7. The van der Waals surface area contributed by atoms with Crippen molar-refractivity contribution in [2.45, 2.75) is 11.8 Å². The number of fused-ring (bicyclic) bond motifs is 1. The number of para-hydroxylation sites is 1. The third kappa shape index (κ3) is 3.51. The van der Waals surface area contributed by atoms with Crippen LogP contribution in [0.1, 0.15) is 5.56 Å². The number of ether oxygens (including phenoxy) is 1. The van der Waals surface area contributed by atoms with E-state index in [4.69, 9.17) is 16.3 Å². The predicted molar refractivity (Wildman–Crippen MR) is 91.3 cm³/mol. The summed E-state index contributed by atoms with van der Waals surface area (Å²) in [6.07, 6.45) is 0. The van der Waals surface area contributed by atoms with E-state index in [0.717, 1.165) is 16.1 Å². The fourth-order valence-corrected chi connectivity index (χ4v) is 3.39. The molecule has 2 aromatic rings.